The van der Waals surface area contributed by atoms with Gasteiger partial charge in [0.1, 0.15) is 5.82 Å². The SMILES string of the molecule is C=N/C(=C\C=C\CCCCNC(=O)CCC)N1CC(F)C=N1. The lowest BCUT2D eigenvalue weighted by Gasteiger charge is -2.12. The van der Waals surface area contributed by atoms with Gasteiger partial charge in [-0.25, -0.2) is 14.4 Å². The molecule has 0 radical (unpaired) electrons. The van der Waals surface area contributed by atoms with E-state index in [2.05, 4.69) is 22.1 Å². The first-order valence-electron chi connectivity index (χ1n) is 7.73. The van der Waals surface area contributed by atoms with Gasteiger partial charge in [0, 0.05) is 13.0 Å². The molecule has 0 bridgehead atoms. The average molecular weight is 308 g/mol. The van der Waals surface area contributed by atoms with E-state index in [1.807, 2.05) is 19.1 Å². The molecule has 0 aromatic rings. The molecule has 1 aliphatic rings. The van der Waals surface area contributed by atoms with E-state index in [9.17, 15) is 9.18 Å². The fraction of sp³-hybridized carbons (Fsp3) is 0.562. The van der Waals surface area contributed by atoms with Crippen LogP contribution >= 0.6 is 0 Å². The van der Waals surface area contributed by atoms with Gasteiger partial charge in [-0.15, -0.1) is 0 Å². The average Bonchev–Trinajstić information content (AvgIpc) is 2.92. The largest absolute Gasteiger partial charge is 0.356 e. The van der Waals surface area contributed by atoms with Crippen LogP contribution in [0.2, 0.25) is 0 Å². The van der Waals surface area contributed by atoms with Crippen LogP contribution in [0.5, 0.6) is 0 Å². The second kappa shape index (κ2) is 10.7. The summed E-state index contributed by atoms with van der Waals surface area (Å²) in [7, 11) is 0. The van der Waals surface area contributed by atoms with Gasteiger partial charge in [0.25, 0.3) is 0 Å². The Kier molecular flexibility index (Phi) is 8.79. The van der Waals surface area contributed by atoms with E-state index in [0.29, 0.717) is 12.2 Å². The minimum atomic E-state index is -1.04. The first-order valence-corrected chi connectivity index (χ1v) is 7.73. The summed E-state index contributed by atoms with van der Waals surface area (Å²) in [6.07, 6.45) is 10.2. The molecule has 0 aromatic carbocycles. The van der Waals surface area contributed by atoms with E-state index in [4.69, 9.17) is 0 Å². The van der Waals surface area contributed by atoms with E-state index in [-0.39, 0.29) is 12.5 Å². The molecule has 0 saturated carbocycles. The lowest BCUT2D eigenvalue weighted by Crippen LogP contribution is -2.23. The number of carbonyl (C=O) groups excluding carboxylic acids is 1. The number of hydrogen-bond acceptors (Lipinski definition) is 4. The van der Waals surface area contributed by atoms with E-state index in [0.717, 1.165) is 32.2 Å². The molecule has 122 valence electrons. The molecule has 0 aliphatic carbocycles. The number of alkyl halides is 1. The summed E-state index contributed by atoms with van der Waals surface area (Å²) in [6, 6.07) is 0. The lowest BCUT2D eigenvalue weighted by atomic mass is 10.2. The molecule has 0 aromatic heterocycles. The van der Waals surface area contributed by atoms with Crippen LogP contribution in [-0.4, -0.2) is 43.1 Å². The maximum Gasteiger partial charge on any atom is 0.219 e. The molecule has 5 nitrogen and oxygen atoms in total. The number of rotatable bonds is 10. The molecule has 0 saturated heterocycles. The molecule has 0 spiro atoms. The first kappa shape index (κ1) is 18.1. The van der Waals surface area contributed by atoms with E-state index < -0.39 is 6.17 Å². The topological polar surface area (TPSA) is 57.1 Å². The number of allylic oxidation sites excluding steroid dienone is 3. The highest BCUT2D eigenvalue weighted by molar-refractivity contribution is 5.75. The molecular weight excluding hydrogens is 283 g/mol. The van der Waals surface area contributed by atoms with Crippen molar-refractivity contribution in [1.29, 1.82) is 0 Å². The molecule has 1 amide bonds. The van der Waals surface area contributed by atoms with Crippen molar-refractivity contribution in [2.24, 2.45) is 10.1 Å². The molecule has 1 rings (SSSR count). The summed E-state index contributed by atoms with van der Waals surface area (Å²) < 4.78 is 13.0. The minimum Gasteiger partial charge on any atom is -0.356 e. The number of nitrogens with one attached hydrogen (secondary N) is 1. The van der Waals surface area contributed by atoms with Gasteiger partial charge in [-0.3, -0.25) is 4.79 Å². The van der Waals surface area contributed by atoms with Crippen molar-refractivity contribution in [3.8, 4) is 0 Å². The third kappa shape index (κ3) is 7.15. The number of nitrogens with zero attached hydrogens (tertiary/aromatic N) is 3. The number of carbonyl (C=O) groups is 1. The van der Waals surface area contributed by atoms with Crippen molar-refractivity contribution in [1.82, 2.24) is 10.3 Å². The van der Waals surface area contributed by atoms with Crippen LogP contribution in [0.15, 0.2) is 34.1 Å². The standard InChI is InChI=1S/C16H25FN4O/c1-3-9-16(22)19-11-8-6-4-5-7-10-15(18-2)21-13-14(17)12-20-21/h5,7,10,12,14H,2-4,6,8-9,11,13H2,1H3,(H,19,22)/b7-5+,15-10+. The van der Waals surface area contributed by atoms with Crippen molar-refractivity contribution in [2.75, 3.05) is 13.1 Å². The second-order valence-corrected chi connectivity index (χ2v) is 5.07. The van der Waals surface area contributed by atoms with Gasteiger partial charge in [0.05, 0.1) is 12.8 Å². The molecule has 1 heterocycles. The lowest BCUT2D eigenvalue weighted by molar-refractivity contribution is -0.121. The van der Waals surface area contributed by atoms with Gasteiger partial charge in [-0.05, 0) is 38.5 Å². The van der Waals surface area contributed by atoms with Crippen LogP contribution in [0.4, 0.5) is 4.39 Å². The van der Waals surface area contributed by atoms with E-state index in [1.165, 1.54) is 11.2 Å². The fourth-order valence-corrected chi connectivity index (χ4v) is 1.97. The van der Waals surface area contributed by atoms with Crippen LogP contribution in [0.3, 0.4) is 0 Å². The monoisotopic (exact) mass is 308 g/mol. The van der Waals surface area contributed by atoms with Gasteiger partial charge in [-0.1, -0.05) is 19.1 Å². The van der Waals surface area contributed by atoms with Crippen LogP contribution in [0, 0.1) is 0 Å². The molecule has 1 aliphatic heterocycles. The molecule has 6 heteroatoms. The number of hydrogen-bond donors (Lipinski definition) is 1. The van der Waals surface area contributed by atoms with Gasteiger partial charge in [0.2, 0.25) is 5.91 Å². The quantitative estimate of drug-likeness (QED) is 0.383. The predicted molar refractivity (Wildman–Crippen MR) is 88.6 cm³/mol. The fourth-order valence-electron chi connectivity index (χ4n) is 1.97. The Bertz CT molecular complexity index is 445. The van der Waals surface area contributed by atoms with Gasteiger partial charge < -0.3 is 5.32 Å². The van der Waals surface area contributed by atoms with Crippen LogP contribution < -0.4 is 5.32 Å². The highest BCUT2D eigenvalue weighted by Gasteiger charge is 2.18. The van der Waals surface area contributed by atoms with Crippen molar-refractivity contribution in [2.45, 2.75) is 45.2 Å². The predicted octanol–water partition coefficient (Wildman–Crippen LogP) is 2.81. The molecular formula is C16H25FN4O. The smallest absolute Gasteiger partial charge is 0.219 e. The number of aliphatic imine (C=N–C) groups is 1. The summed E-state index contributed by atoms with van der Waals surface area (Å²) in [4.78, 5) is 15.1. The third-order valence-corrected chi connectivity index (χ3v) is 3.12. The molecule has 1 N–H and O–H groups in total. The van der Waals surface area contributed by atoms with Gasteiger partial charge >= 0.3 is 0 Å². The maximum absolute atomic E-state index is 13.0. The summed E-state index contributed by atoms with van der Waals surface area (Å²) in [5, 5.41) is 8.29. The zero-order valence-corrected chi connectivity index (χ0v) is 13.2. The highest BCUT2D eigenvalue weighted by atomic mass is 19.1. The normalized spacial score (nSPS) is 18.2. The Labute approximate surface area is 131 Å². The summed E-state index contributed by atoms with van der Waals surface area (Å²) >= 11 is 0. The first-order chi connectivity index (χ1) is 10.7. The highest BCUT2D eigenvalue weighted by Crippen LogP contribution is 2.13. The van der Waals surface area contributed by atoms with Crippen molar-refractivity contribution >= 4 is 18.8 Å². The van der Waals surface area contributed by atoms with Gasteiger partial charge in [-0.2, -0.15) is 5.10 Å². The Hall–Kier alpha value is -1.98. The Morgan fingerprint density at radius 2 is 2.41 bits per heavy atom. The Morgan fingerprint density at radius 3 is 3.05 bits per heavy atom. The van der Waals surface area contributed by atoms with Crippen LogP contribution in [0.25, 0.3) is 0 Å². The van der Waals surface area contributed by atoms with E-state index in [1.54, 1.807) is 6.08 Å². The van der Waals surface area contributed by atoms with E-state index >= 15 is 0 Å². The van der Waals surface area contributed by atoms with Crippen molar-refractivity contribution < 1.29 is 9.18 Å². The van der Waals surface area contributed by atoms with Crippen molar-refractivity contribution in [3.05, 3.63) is 24.0 Å². The molecule has 1 atom stereocenters. The third-order valence-electron chi connectivity index (χ3n) is 3.12. The molecule has 22 heavy (non-hydrogen) atoms. The number of amides is 1. The zero-order valence-electron chi connectivity index (χ0n) is 13.2. The maximum atomic E-state index is 13.0. The molecule has 0 fully saturated rings. The minimum absolute atomic E-state index is 0.125. The zero-order chi connectivity index (χ0) is 16.2. The van der Waals surface area contributed by atoms with Crippen LogP contribution in [-0.2, 0) is 4.79 Å². The Balaban J connectivity index is 2.17. The van der Waals surface area contributed by atoms with Crippen LogP contribution in [0.1, 0.15) is 39.0 Å². The summed E-state index contributed by atoms with van der Waals surface area (Å²) in [6.45, 7) is 6.38. The number of unbranched alkanes of at least 4 members (excludes halogenated alkanes) is 2. The van der Waals surface area contributed by atoms with Gasteiger partial charge in [0.15, 0.2) is 6.17 Å². The summed E-state index contributed by atoms with van der Waals surface area (Å²) in [5.74, 6) is 0.666. The Morgan fingerprint density at radius 1 is 1.59 bits per heavy atom. The second-order valence-electron chi connectivity index (χ2n) is 5.07. The van der Waals surface area contributed by atoms with Crippen molar-refractivity contribution in [3.63, 3.8) is 0 Å². The molecule has 1 unspecified atom stereocenters. The summed E-state index contributed by atoms with van der Waals surface area (Å²) in [5.41, 5.74) is 0. The number of hydrazone groups is 1. The number of halogens is 1.